The highest BCUT2D eigenvalue weighted by Crippen LogP contribution is 2.25. The molecule has 0 bridgehead atoms. The lowest BCUT2D eigenvalue weighted by molar-refractivity contribution is -0.121. The van der Waals surface area contributed by atoms with Crippen molar-refractivity contribution in [3.63, 3.8) is 0 Å². The normalized spacial score (nSPS) is 20.9. The molecule has 1 amide bonds. The van der Waals surface area contributed by atoms with Crippen molar-refractivity contribution >= 4 is 17.5 Å². The van der Waals surface area contributed by atoms with E-state index in [1.54, 1.807) is 6.33 Å². The molecule has 8 heteroatoms. The molecule has 3 heterocycles. The monoisotopic (exact) mass is 417 g/mol. The van der Waals surface area contributed by atoms with Gasteiger partial charge in [-0.25, -0.2) is 9.97 Å². The SMILES string of the molecule is CCCNc1cc(N2CCCC(CCC(=O)NCCN3CCN(C)CC3)C2)ncn1. The third-order valence-corrected chi connectivity index (χ3v) is 6.18. The lowest BCUT2D eigenvalue weighted by atomic mass is 9.93. The number of piperidine rings is 1. The summed E-state index contributed by atoms with van der Waals surface area (Å²) in [6.07, 6.45) is 6.62. The van der Waals surface area contributed by atoms with Gasteiger partial charge in [-0.2, -0.15) is 0 Å². The third-order valence-electron chi connectivity index (χ3n) is 6.18. The smallest absolute Gasteiger partial charge is 0.220 e. The topological polar surface area (TPSA) is 76.6 Å². The number of carbonyl (C=O) groups excluding carboxylic acids is 1. The van der Waals surface area contributed by atoms with Gasteiger partial charge in [0, 0.05) is 71.4 Å². The standard InChI is InChI=1S/C22H39N7O/c1-3-8-23-20-16-21(26-18-25-20)29-10-4-5-19(17-29)6-7-22(30)24-9-11-28-14-12-27(2)13-15-28/h16,18-19H,3-15,17H2,1-2H3,(H,24,30)(H,23,25,26). The van der Waals surface area contributed by atoms with Crippen LogP contribution in [0.3, 0.4) is 0 Å². The van der Waals surface area contributed by atoms with Crippen LogP contribution in [0.4, 0.5) is 11.6 Å². The van der Waals surface area contributed by atoms with E-state index in [-0.39, 0.29) is 5.91 Å². The maximum atomic E-state index is 12.3. The molecule has 0 aliphatic carbocycles. The Morgan fingerprint density at radius 3 is 2.80 bits per heavy atom. The Morgan fingerprint density at radius 1 is 1.17 bits per heavy atom. The maximum absolute atomic E-state index is 12.3. The van der Waals surface area contributed by atoms with Crippen molar-refractivity contribution in [2.24, 2.45) is 5.92 Å². The van der Waals surface area contributed by atoms with E-state index in [2.05, 4.69) is 49.3 Å². The van der Waals surface area contributed by atoms with E-state index in [0.29, 0.717) is 12.3 Å². The van der Waals surface area contributed by atoms with Crippen LogP contribution in [-0.2, 0) is 4.79 Å². The maximum Gasteiger partial charge on any atom is 0.220 e. The fourth-order valence-electron chi connectivity index (χ4n) is 4.23. The molecule has 0 radical (unpaired) electrons. The summed E-state index contributed by atoms with van der Waals surface area (Å²) >= 11 is 0. The summed E-state index contributed by atoms with van der Waals surface area (Å²) < 4.78 is 0. The molecule has 0 aromatic carbocycles. The van der Waals surface area contributed by atoms with Crippen LogP contribution in [0.5, 0.6) is 0 Å². The number of nitrogens with zero attached hydrogens (tertiary/aromatic N) is 5. The highest BCUT2D eigenvalue weighted by Gasteiger charge is 2.22. The fourth-order valence-corrected chi connectivity index (χ4v) is 4.23. The highest BCUT2D eigenvalue weighted by atomic mass is 16.1. The van der Waals surface area contributed by atoms with Crippen molar-refractivity contribution in [3.05, 3.63) is 12.4 Å². The number of hydrogen-bond donors (Lipinski definition) is 2. The Morgan fingerprint density at radius 2 is 2.00 bits per heavy atom. The summed E-state index contributed by atoms with van der Waals surface area (Å²) in [4.78, 5) is 28.2. The van der Waals surface area contributed by atoms with Crippen molar-refractivity contribution < 1.29 is 4.79 Å². The summed E-state index contributed by atoms with van der Waals surface area (Å²) in [5.41, 5.74) is 0. The molecular formula is C22H39N7O. The van der Waals surface area contributed by atoms with Gasteiger partial charge in [0.15, 0.2) is 0 Å². The number of anilines is 2. The molecular weight excluding hydrogens is 378 g/mol. The van der Waals surface area contributed by atoms with E-state index in [4.69, 9.17) is 0 Å². The lowest BCUT2D eigenvalue weighted by Crippen LogP contribution is -2.46. The second kappa shape index (κ2) is 12.1. The molecule has 2 aliphatic rings. The first-order valence-corrected chi connectivity index (χ1v) is 11.6. The van der Waals surface area contributed by atoms with Crippen molar-refractivity contribution in [1.82, 2.24) is 25.1 Å². The molecule has 2 fully saturated rings. The van der Waals surface area contributed by atoms with Crippen LogP contribution in [-0.4, -0.2) is 91.6 Å². The number of nitrogens with one attached hydrogen (secondary N) is 2. The quantitative estimate of drug-likeness (QED) is 0.599. The second-order valence-electron chi connectivity index (χ2n) is 8.68. The minimum absolute atomic E-state index is 0.189. The highest BCUT2D eigenvalue weighted by molar-refractivity contribution is 5.75. The number of likely N-dealkylation sites (N-methyl/N-ethyl adjacent to an activating group) is 1. The van der Waals surface area contributed by atoms with Gasteiger partial charge in [0.25, 0.3) is 0 Å². The van der Waals surface area contributed by atoms with E-state index in [1.165, 1.54) is 6.42 Å². The number of rotatable bonds is 10. The molecule has 1 aromatic rings. The van der Waals surface area contributed by atoms with Crippen molar-refractivity contribution in [2.75, 3.05) is 76.2 Å². The third kappa shape index (κ3) is 7.40. The summed E-state index contributed by atoms with van der Waals surface area (Å²) in [5.74, 6) is 2.62. The fraction of sp³-hybridized carbons (Fsp3) is 0.773. The Hall–Kier alpha value is -1.93. The second-order valence-corrected chi connectivity index (χ2v) is 8.68. The molecule has 168 valence electrons. The number of carbonyl (C=O) groups is 1. The summed E-state index contributed by atoms with van der Waals surface area (Å²) in [7, 11) is 2.17. The molecule has 0 spiro atoms. The number of amides is 1. The van der Waals surface area contributed by atoms with Crippen molar-refractivity contribution in [1.29, 1.82) is 0 Å². The minimum Gasteiger partial charge on any atom is -0.370 e. The first-order chi connectivity index (χ1) is 14.6. The van der Waals surface area contributed by atoms with Gasteiger partial charge < -0.3 is 20.4 Å². The molecule has 2 aliphatic heterocycles. The molecule has 2 N–H and O–H groups in total. The molecule has 1 atom stereocenters. The Balaban J connectivity index is 1.36. The van der Waals surface area contributed by atoms with Crippen LogP contribution in [0.15, 0.2) is 12.4 Å². The molecule has 0 saturated carbocycles. The van der Waals surface area contributed by atoms with Gasteiger partial charge >= 0.3 is 0 Å². The predicted octanol–water partition coefficient (Wildman–Crippen LogP) is 1.66. The molecule has 1 unspecified atom stereocenters. The van der Waals surface area contributed by atoms with Gasteiger partial charge in [0.05, 0.1) is 0 Å². The van der Waals surface area contributed by atoms with Crippen LogP contribution >= 0.6 is 0 Å². The molecule has 2 saturated heterocycles. The van der Waals surface area contributed by atoms with Crippen LogP contribution in [0, 0.1) is 5.92 Å². The zero-order valence-electron chi connectivity index (χ0n) is 18.8. The average Bonchev–Trinajstić information content (AvgIpc) is 2.78. The van der Waals surface area contributed by atoms with E-state index >= 15 is 0 Å². The van der Waals surface area contributed by atoms with E-state index in [9.17, 15) is 4.79 Å². The van der Waals surface area contributed by atoms with Gasteiger partial charge in [0.2, 0.25) is 5.91 Å². The zero-order valence-corrected chi connectivity index (χ0v) is 18.8. The van der Waals surface area contributed by atoms with Crippen LogP contribution < -0.4 is 15.5 Å². The summed E-state index contributed by atoms with van der Waals surface area (Å²) in [6.45, 7) is 11.2. The average molecular weight is 418 g/mol. The van der Waals surface area contributed by atoms with Crippen LogP contribution in [0.1, 0.15) is 39.0 Å². The molecule has 1 aromatic heterocycles. The minimum atomic E-state index is 0.189. The van der Waals surface area contributed by atoms with Crippen molar-refractivity contribution in [3.8, 4) is 0 Å². The van der Waals surface area contributed by atoms with Gasteiger partial charge in [-0.15, -0.1) is 0 Å². The van der Waals surface area contributed by atoms with Gasteiger partial charge in [-0.1, -0.05) is 6.92 Å². The van der Waals surface area contributed by atoms with E-state index < -0.39 is 0 Å². The first-order valence-electron chi connectivity index (χ1n) is 11.6. The van der Waals surface area contributed by atoms with Gasteiger partial charge in [0.1, 0.15) is 18.0 Å². The lowest BCUT2D eigenvalue weighted by Gasteiger charge is -2.33. The Kier molecular flexibility index (Phi) is 9.14. The van der Waals surface area contributed by atoms with Gasteiger partial charge in [-0.3, -0.25) is 9.69 Å². The van der Waals surface area contributed by atoms with E-state index in [0.717, 1.165) is 89.8 Å². The Labute approximate surface area is 181 Å². The van der Waals surface area contributed by atoms with Crippen LogP contribution in [0.25, 0.3) is 0 Å². The van der Waals surface area contributed by atoms with Crippen LogP contribution in [0.2, 0.25) is 0 Å². The summed E-state index contributed by atoms with van der Waals surface area (Å²) in [5, 5.41) is 6.45. The Bertz CT molecular complexity index is 648. The number of hydrogen-bond acceptors (Lipinski definition) is 7. The summed E-state index contributed by atoms with van der Waals surface area (Å²) in [6, 6.07) is 2.04. The number of aromatic nitrogens is 2. The molecule has 8 nitrogen and oxygen atoms in total. The largest absolute Gasteiger partial charge is 0.370 e. The first kappa shape index (κ1) is 22.7. The number of piperazine rings is 1. The molecule has 3 rings (SSSR count). The molecule has 30 heavy (non-hydrogen) atoms. The zero-order chi connectivity index (χ0) is 21.2. The van der Waals surface area contributed by atoms with Gasteiger partial charge in [-0.05, 0) is 38.6 Å². The van der Waals surface area contributed by atoms with Crippen molar-refractivity contribution in [2.45, 2.75) is 39.0 Å². The predicted molar refractivity (Wildman–Crippen MR) is 122 cm³/mol. The van der Waals surface area contributed by atoms with E-state index in [1.807, 2.05) is 6.07 Å².